The van der Waals surface area contributed by atoms with Crippen LogP contribution in [0.15, 0.2) is 18.5 Å². The van der Waals surface area contributed by atoms with E-state index in [-0.39, 0.29) is 11.5 Å². The van der Waals surface area contributed by atoms with Crippen LogP contribution in [0.1, 0.15) is 52.5 Å². The molecule has 0 fully saturated rings. The van der Waals surface area contributed by atoms with Crippen LogP contribution in [0.2, 0.25) is 0 Å². The molecule has 0 saturated carbocycles. The lowest BCUT2D eigenvalue weighted by atomic mass is 9.87. The Morgan fingerprint density at radius 3 is 2.50 bits per heavy atom. The van der Waals surface area contributed by atoms with Gasteiger partial charge in [0.25, 0.3) is 0 Å². The number of nitrogens with two attached hydrogens (primary N) is 1. The molecular weight excluding hydrogens is 224 g/mol. The molecule has 0 aromatic carbocycles. The molecule has 0 aliphatic carbocycles. The Balaban J connectivity index is 2.67. The minimum absolute atomic E-state index is 0.0125. The number of rotatable bonds is 2. The van der Waals surface area contributed by atoms with Crippen molar-refractivity contribution in [2.45, 2.75) is 46.7 Å². The maximum Gasteiger partial charge on any atom is 0.127 e. The van der Waals surface area contributed by atoms with Crippen molar-refractivity contribution >= 4 is 11.0 Å². The second-order valence-electron chi connectivity index (χ2n) is 6.14. The fourth-order valence-corrected chi connectivity index (χ4v) is 2.12. The van der Waals surface area contributed by atoms with Crippen molar-refractivity contribution in [3.8, 4) is 0 Å². The molecule has 0 saturated heterocycles. The summed E-state index contributed by atoms with van der Waals surface area (Å²) in [7, 11) is 0. The number of pyridine rings is 1. The number of nitrogens with zero attached hydrogens (tertiary/aromatic N) is 3. The number of hydrogen-bond acceptors (Lipinski definition) is 3. The highest BCUT2D eigenvalue weighted by Crippen LogP contribution is 2.33. The van der Waals surface area contributed by atoms with Gasteiger partial charge < -0.3 is 10.3 Å². The molecule has 4 heteroatoms. The highest BCUT2D eigenvalue weighted by molar-refractivity contribution is 5.75. The first-order valence-electron chi connectivity index (χ1n) is 6.40. The third-order valence-corrected chi connectivity index (χ3v) is 3.25. The first kappa shape index (κ1) is 13.0. The van der Waals surface area contributed by atoms with Gasteiger partial charge in [-0.3, -0.25) is 4.98 Å². The molecule has 18 heavy (non-hydrogen) atoms. The molecule has 0 amide bonds. The van der Waals surface area contributed by atoms with Gasteiger partial charge in [0, 0.05) is 12.2 Å². The van der Waals surface area contributed by atoms with Crippen LogP contribution in [0, 0.1) is 5.41 Å². The zero-order valence-electron chi connectivity index (χ0n) is 11.8. The fraction of sp³-hybridized carbons (Fsp3) is 0.571. The SMILES string of the molecule is CC(C)n1c(C(N)C(C)(C)C)nc2cnccc21. The predicted molar refractivity (Wildman–Crippen MR) is 74.3 cm³/mol. The summed E-state index contributed by atoms with van der Waals surface area (Å²) in [6.07, 6.45) is 3.60. The van der Waals surface area contributed by atoms with E-state index in [1.165, 1.54) is 0 Å². The minimum atomic E-state index is -0.0905. The summed E-state index contributed by atoms with van der Waals surface area (Å²) in [5.74, 6) is 0.945. The predicted octanol–water partition coefficient (Wildman–Crippen LogP) is 3.06. The molecule has 0 aliphatic heterocycles. The standard InChI is InChI=1S/C14H22N4/c1-9(2)18-11-6-7-16-8-10(11)17-13(18)12(15)14(3,4)5/h6-9,12H,15H2,1-5H3. The Hall–Kier alpha value is -1.42. The van der Waals surface area contributed by atoms with Crippen LogP contribution in [0.25, 0.3) is 11.0 Å². The van der Waals surface area contributed by atoms with Crippen LogP contribution in [-0.4, -0.2) is 14.5 Å². The highest BCUT2D eigenvalue weighted by atomic mass is 15.1. The van der Waals surface area contributed by atoms with Gasteiger partial charge in [-0.15, -0.1) is 0 Å². The van der Waals surface area contributed by atoms with Gasteiger partial charge >= 0.3 is 0 Å². The van der Waals surface area contributed by atoms with Gasteiger partial charge in [0.1, 0.15) is 11.3 Å². The van der Waals surface area contributed by atoms with Gasteiger partial charge in [-0.1, -0.05) is 20.8 Å². The largest absolute Gasteiger partial charge is 0.324 e. The summed E-state index contributed by atoms with van der Waals surface area (Å²) >= 11 is 0. The number of fused-ring (bicyclic) bond motifs is 1. The van der Waals surface area contributed by atoms with Crippen molar-refractivity contribution in [1.82, 2.24) is 14.5 Å². The second kappa shape index (κ2) is 4.35. The highest BCUT2D eigenvalue weighted by Gasteiger charge is 2.28. The van der Waals surface area contributed by atoms with Gasteiger partial charge in [0.05, 0.1) is 17.8 Å². The van der Waals surface area contributed by atoms with Crippen LogP contribution in [0.5, 0.6) is 0 Å². The lowest BCUT2D eigenvalue weighted by molar-refractivity contribution is 0.305. The van der Waals surface area contributed by atoms with Gasteiger partial charge in [0.15, 0.2) is 0 Å². The second-order valence-corrected chi connectivity index (χ2v) is 6.14. The van der Waals surface area contributed by atoms with Crippen LogP contribution >= 0.6 is 0 Å². The van der Waals surface area contributed by atoms with Crippen molar-refractivity contribution in [2.75, 3.05) is 0 Å². The number of imidazole rings is 1. The molecule has 1 atom stereocenters. The summed E-state index contributed by atoms with van der Waals surface area (Å²) in [4.78, 5) is 8.81. The van der Waals surface area contributed by atoms with Crippen LogP contribution in [-0.2, 0) is 0 Å². The summed E-state index contributed by atoms with van der Waals surface area (Å²) in [5, 5.41) is 0. The van der Waals surface area contributed by atoms with Gasteiger partial charge in [-0.25, -0.2) is 4.98 Å². The summed E-state index contributed by atoms with van der Waals surface area (Å²) in [5.41, 5.74) is 8.38. The minimum Gasteiger partial charge on any atom is -0.324 e. The van der Waals surface area contributed by atoms with Gasteiger partial charge in [-0.05, 0) is 25.3 Å². The molecule has 2 N–H and O–H groups in total. The van der Waals surface area contributed by atoms with E-state index in [2.05, 4.69) is 49.2 Å². The zero-order valence-corrected chi connectivity index (χ0v) is 11.8. The number of hydrogen-bond donors (Lipinski definition) is 1. The van der Waals surface area contributed by atoms with Gasteiger partial charge in [0.2, 0.25) is 0 Å². The molecule has 2 aromatic heterocycles. The molecule has 98 valence electrons. The molecule has 4 nitrogen and oxygen atoms in total. The summed E-state index contributed by atoms with van der Waals surface area (Å²) < 4.78 is 2.22. The van der Waals surface area contributed by atoms with Crippen LogP contribution in [0.3, 0.4) is 0 Å². The van der Waals surface area contributed by atoms with E-state index in [0.29, 0.717) is 6.04 Å². The average Bonchev–Trinajstić information content (AvgIpc) is 2.65. The summed E-state index contributed by atoms with van der Waals surface area (Å²) in [6, 6.07) is 2.24. The maximum absolute atomic E-state index is 6.37. The molecular formula is C14H22N4. The molecule has 2 aromatic rings. The van der Waals surface area contributed by atoms with Crippen molar-refractivity contribution < 1.29 is 0 Å². The topological polar surface area (TPSA) is 56.7 Å². The quantitative estimate of drug-likeness (QED) is 0.886. The molecule has 0 spiro atoms. The molecule has 2 rings (SSSR count). The Bertz CT molecular complexity index is 548. The molecule has 1 unspecified atom stereocenters. The Kier molecular flexibility index (Phi) is 3.15. The molecule has 0 bridgehead atoms. The molecule has 0 radical (unpaired) electrons. The van der Waals surface area contributed by atoms with Crippen molar-refractivity contribution in [2.24, 2.45) is 11.1 Å². The van der Waals surface area contributed by atoms with Crippen molar-refractivity contribution in [1.29, 1.82) is 0 Å². The van der Waals surface area contributed by atoms with E-state index >= 15 is 0 Å². The first-order valence-corrected chi connectivity index (χ1v) is 6.40. The van der Waals surface area contributed by atoms with E-state index in [0.717, 1.165) is 16.9 Å². The van der Waals surface area contributed by atoms with Crippen LogP contribution in [0.4, 0.5) is 0 Å². The lowest BCUT2D eigenvalue weighted by Gasteiger charge is -2.28. The van der Waals surface area contributed by atoms with E-state index in [1.807, 2.05) is 6.07 Å². The average molecular weight is 246 g/mol. The monoisotopic (exact) mass is 246 g/mol. The Labute approximate surface area is 108 Å². The molecule has 0 aliphatic rings. The first-order chi connectivity index (χ1) is 8.32. The van der Waals surface area contributed by atoms with Crippen molar-refractivity contribution in [3.63, 3.8) is 0 Å². The van der Waals surface area contributed by atoms with E-state index in [4.69, 9.17) is 5.73 Å². The van der Waals surface area contributed by atoms with Crippen molar-refractivity contribution in [3.05, 3.63) is 24.3 Å². The lowest BCUT2D eigenvalue weighted by Crippen LogP contribution is -2.29. The van der Waals surface area contributed by atoms with Crippen LogP contribution < -0.4 is 5.73 Å². The van der Waals surface area contributed by atoms with E-state index < -0.39 is 0 Å². The maximum atomic E-state index is 6.37. The van der Waals surface area contributed by atoms with Gasteiger partial charge in [-0.2, -0.15) is 0 Å². The number of aromatic nitrogens is 3. The molecule has 2 heterocycles. The smallest absolute Gasteiger partial charge is 0.127 e. The Morgan fingerprint density at radius 1 is 1.28 bits per heavy atom. The summed E-state index contributed by atoms with van der Waals surface area (Å²) in [6.45, 7) is 10.7. The zero-order chi connectivity index (χ0) is 13.5. The van der Waals surface area contributed by atoms with E-state index in [1.54, 1.807) is 12.4 Å². The third kappa shape index (κ3) is 2.12. The third-order valence-electron chi connectivity index (χ3n) is 3.25. The Morgan fingerprint density at radius 2 is 1.94 bits per heavy atom. The fourth-order valence-electron chi connectivity index (χ4n) is 2.12. The normalized spacial score (nSPS) is 14.4. The van der Waals surface area contributed by atoms with E-state index in [9.17, 15) is 0 Å².